The molecule has 0 aromatic rings. The van der Waals surface area contributed by atoms with Gasteiger partial charge < -0.3 is 10.2 Å². The van der Waals surface area contributed by atoms with E-state index in [-0.39, 0.29) is 0 Å². The summed E-state index contributed by atoms with van der Waals surface area (Å²) in [6, 6.07) is 0.827. The van der Waals surface area contributed by atoms with Gasteiger partial charge >= 0.3 is 0 Å². The third-order valence-electron chi connectivity index (χ3n) is 4.59. The van der Waals surface area contributed by atoms with Crippen LogP contribution in [0.1, 0.15) is 38.5 Å². The second-order valence-corrected chi connectivity index (χ2v) is 6.43. The quantitative estimate of drug-likeness (QED) is 0.778. The van der Waals surface area contributed by atoms with Gasteiger partial charge in [0.05, 0.1) is 0 Å². The Balaban J connectivity index is 1.62. The lowest BCUT2D eigenvalue weighted by Crippen LogP contribution is -2.38. The molecular weight excluding hydrogens is 222 g/mol. The van der Waals surface area contributed by atoms with Gasteiger partial charge in [-0.05, 0) is 84.7 Å². The van der Waals surface area contributed by atoms with Crippen molar-refractivity contribution in [2.75, 3.05) is 46.8 Å². The van der Waals surface area contributed by atoms with Crippen molar-refractivity contribution in [2.45, 2.75) is 44.6 Å². The van der Waals surface area contributed by atoms with Crippen molar-refractivity contribution >= 4 is 0 Å². The van der Waals surface area contributed by atoms with E-state index in [0.29, 0.717) is 0 Å². The number of rotatable bonds is 6. The van der Waals surface area contributed by atoms with E-state index in [2.05, 4.69) is 29.2 Å². The van der Waals surface area contributed by atoms with Crippen molar-refractivity contribution in [3.8, 4) is 0 Å². The van der Waals surface area contributed by atoms with Gasteiger partial charge in [-0.3, -0.25) is 4.90 Å². The summed E-state index contributed by atoms with van der Waals surface area (Å²) in [5.74, 6) is 1.00. The van der Waals surface area contributed by atoms with Crippen molar-refractivity contribution in [1.82, 2.24) is 15.1 Å². The second-order valence-electron chi connectivity index (χ2n) is 6.43. The third kappa shape index (κ3) is 4.52. The van der Waals surface area contributed by atoms with Crippen molar-refractivity contribution in [2.24, 2.45) is 5.92 Å². The first kappa shape index (κ1) is 14.3. The fourth-order valence-electron chi connectivity index (χ4n) is 3.57. The minimum Gasteiger partial charge on any atom is -0.317 e. The van der Waals surface area contributed by atoms with Crippen LogP contribution in [0.5, 0.6) is 0 Å². The summed E-state index contributed by atoms with van der Waals surface area (Å²) < 4.78 is 0. The molecule has 0 aromatic heterocycles. The van der Waals surface area contributed by atoms with Gasteiger partial charge in [0, 0.05) is 12.6 Å². The number of nitrogens with one attached hydrogen (secondary N) is 1. The molecule has 2 heterocycles. The number of piperidine rings is 1. The number of hydrogen-bond acceptors (Lipinski definition) is 3. The van der Waals surface area contributed by atoms with Crippen LogP contribution in [-0.4, -0.2) is 62.7 Å². The monoisotopic (exact) mass is 253 g/mol. The zero-order valence-electron chi connectivity index (χ0n) is 12.3. The van der Waals surface area contributed by atoms with E-state index in [1.807, 2.05) is 0 Å². The molecule has 0 aliphatic carbocycles. The van der Waals surface area contributed by atoms with Crippen LogP contribution in [0.3, 0.4) is 0 Å². The van der Waals surface area contributed by atoms with Crippen LogP contribution in [0.25, 0.3) is 0 Å². The first-order chi connectivity index (χ1) is 8.75. The summed E-state index contributed by atoms with van der Waals surface area (Å²) in [6.45, 7) is 6.41. The standard InChI is InChI=1S/C15H31N3/c1-17(2)13-15-6-4-12-18(15)11-3-5-14-7-9-16-10-8-14/h14-16H,3-13H2,1-2H3. The maximum absolute atomic E-state index is 3.46. The Labute approximate surface area is 113 Å². The van der Waals surface area contributed by atoms with E-state index in [9.17, 15) is 0 Å². The molecule has 2 aliphatic rings. The van der Waals surface area contributed by atoms with Crippen LogP contribution >= 0.6 is 0 Å². The van der Waals surface area contributed by atoms with Crippen LogP contribution in [0.4, 0.5) is 0 Å². The predicted octanol–water partition coefficient (Wildman–Crippen LogP) is 1.79. The molecule has 2 saturated heterocycles. The summed E-state index contributed by atoms with van der Waals surface area (Å²) in [6.07, 6.45) is 8.49. The Kier molecular flexibility index (Phi) is 5.93. The molecule has 0 saturated carbocycles. The van der Waals surface area contributed by atoms with E-state index in [0.717, 1.165) is 12.0 Å². The molecule has 18 heavy (non-hydrogen) atoms. The molecule has 0 aromatic carbocycles. The highest BCUT2D eigenvalue weighted by Crippen LogP contribution is 2.21. The first-order valence-corrected chi connectivity index (χ1v) is 7.85. The van der Waals surface area contributed by atoms with Gasteiger partial charge in [0.1, 0.15) is 0 Å². The number of likely N-dealkylation sites (N-methyl/N-ethyl adjacent to an activating group) is 1. The molecule has 106 valence electrons. The normalized spacial score (nSPS) is 27.2. The zero-order valence-corrected chi connectivity index (χ0v) is 12.3. The second kappa shape index (κ2) is 7.46. The average molecular weight is 253 g/mol. The molecule has 0 amide bonds. The molecule has 2 aliphatic heterocycles. The maximum Gasteiger partial charge on any atom is 0.0223 e. The molecule has 0 spiro atoms. The summed E-state index contributed by atoms with van der Waals surface area (Å²) in [4.78, 5) is 5.08. The lowest BCUT2D eigenvalue weighted by molar-refractivity contribution is 0.198. The van der Waals surface area contributed by atoms with Gasteiger partial charge in [0.25, 0.3) is 0 Å². The molecular formula is C15H31N3. The fraction of sp³-hybridized carbons (Fsp3) is 1.00. The van der Waals surface area contributed by atoms with Crippen LogP contribution in [0.15, 0.2) is 0 Å². The highest BCUT2D eigenvalue weighted by atomic mass is 15.2. The van der Waals surface area contributed by atoms with Crippen LogP contribution in [-0.2, 0) is 0 Å². The highest BCUT2D eigenvalue weighted by molar-refractivity contribution is 4.81. The molecule has 1 N–H and O–H groups in total. The number of nitrogens with zero attached hydrogens (tertiary/aromatic N) is 2. The summed E-state index contributed by atoms with van der Waals surface area (Å²) in [7, 11) is 4.40. The van der Waals surface area contributed by atoms with E-state index < -0.39 is 0 Å². The molecule has 2 fully saturated rings. The van der Waals surface area contributed by atoms with Crippen molar-refractivity contribution in [3.05, 3.63) is 0 Å². The Morgan fingerprint density at radius 1 is 1.17 bits per heavy atom. The lowest BCUT2D eigenvalue weighted by atomic mass is 9.93. The van der Waals surface area contributed by atoms with Crippen molar-refractivity contribution in [1.29, 1.82) is 0 Å². The topological polar surface area (TPSA) is 18.5 Å². The van der Waals surface area contributed by atoms with Gasteiger partial charge in [-0.15, -0.1) is 0 Å². The van der Waals surface area contributed by atoms with E-state index in [4.69, 9.17) is 0 Å². The minimum atomic E-state index is 0.827. The van der Waals surface area contributed by atoms with Crippen LogP contribution in [0, 0.1) is 5.92 Å². The number of hydrogen-bond donors (Lipinski definition) is 1. The summed E-state index contributed by atoms with van der Waals surface area (Å²) in [5, 5.41) is 3.46. The van der Waals surface area contributed by atoms with Gasteiger partial charge in [-0.2, -0.15) is 0 Å². The van der Waals surface area contributed by atoms with Crippen LogP contribution in [0.2, 0.25) is 0 Å². The maximum atomic E-state index is 3.46. The van der Waals surface area contributed by atoms with Crippen molar-refractivity contribution < 1.29 is 0 Å². The predicted molar refractivity (Wildman–Crippen MR) is 78.0 cm³/mol. The smallest absolute Gasteiger partial charge is 0.0223 e. The SMILES string of the molecule is CN(C)CC1CCCN1CCCC1CCNCC1. The molecule has 2 rings (SSSR count). The van der Waals surface area contributed by atoms with E-state index in [1.165, 1.54) is 71.2 Å². The van der Waals surface area contributed by atoms with Gasteiger partial charge in [0.2, 0.25) is 0 Å². The van der Waals surface area contributed by atoms with Crippen molar-refractivity contribution in [3.63, 3.8) is 0 Å². The molecule has 0 bridgehead atoms. The Hall–Kier alpha value is -0.120. The lowest BCUT2D eigenvalue weighted by Gasteiger charge is -2.28. The Bertz CT molecular complexity index is 224. The molecule has 1 atom stereocenters. The number of likely N-dealkylation sites (tertiary alicyclic amines) is 1. The molecule has 3 nitrogen and oxygen atoms in total. The summed E-state index contributed by atoms with van der Waals surface area (Å²) >= 11 is 0. The minimum absolute atomic E-state index is 0.827. The van der Waals surface area contributed by atoms with Crippen LogP contribution < -0.4 is 5.32 Å². The highest BCUT2D eigenvalue weighted by Gasteiger charge is 2.24. The molecule has 1 unspecified atom stereocenters. The Morgan fingerprint density at radius 2 is 1.94 bits per heavy atom. The van der Waals surface area contributed by atoms with E-state index >= 15 is 0 Å². The Morgan fingerprint density at radius 3 is 2.67 bits per heavy atom. The fourth-order valence-corrected chi connectivity index (χ4v) is 3.57. The van der Waals surface area contributed by atoms with E-state index in [1.54, 1.807) is 0 Å². The van der Waals surface area contributed by atoms with Gasteiger partial charge in [0.15, 0.2) is 0 Å². The van der Waals surface area contributed by atoms with Gasteiger partial charge in [-0.25, -0.2) is 0 Å². The summed E-state index contributed by atoms with van der Waals surface area (Å²) in [5.41, 5.74) is 0. The first-order valence-electron chi connectivity index (χ1n) is 7.85. The largest absolute Gasteiger partial charge is 0.317 e. The third-order valence-corrected chi connectivity index (χ3v) is 4.59. The van der Waals surface area contributed by atoms with Gasteiger partial charge in [-0.1, -0.05) is 0 Å². The zero-order chi connectivity index (χ0) is 12.8. The molecule has 3 heteroatoms. The average Bonchev–Trinajstić information content (AvgIpc) is 2.77. The molecule has 0 radical (unpaired) electrons.